The Morgan fingerprint density at radius 2 is 1.74 bits per heavy atom. The molecule has 1 aromatic carbocycles. The van der Waals surface area contributed by atoms with Gasteiger partial charge < -0.3 is 15.4 Å². The van der Waals surface area contributed by atoms with Crippen molar-refractivity contribution in [3.63, 3.8) is 0 Å². The average molecular weight is 439 g/mol. The van der Waals surface area contributed by atoms with Gasteiger partial charge in [0.25, 0.3) is 5.91 Å². The van der Waals surface area contributed by atoms with Crippen LogP contribution in [0.4, 0.5) is 11.6 Å². The fourth-order valence-electron chi connectivity index (χ4n) is 3.22. The molecule has 0 saturated carbocycles. The molecule has 3 aromatic rings. The number of methoxy groups -OCH3 is 1. The molecule has 1 amide bonds. The van der Waals surface area contributed by atoms with E-state index >= 15 is 0 Å². The molecule has 4 rings (SSSR count). The van der Waals surface area contributed by atoms with E-state index in [1.54, 1.807) is 31.6 Å². The minimum absolute atomic E-state index is 0.0256. The number of anilines is 2. The van der Waals surface area contributed by atoms with Gasteiger partial charge in [0.2, 0.25) is 5.95 Å². The summed E-state index contributed by atoms with van der Waals surface area (Å²) in [4.78, 5) is 25.0. The van der Waals surface area contributed by atoms with Crippen LogP contribution in [0.25, 0.3) is 11.1 Å². The Balaban J connectivity index is 1.36. The zero-order valence-corrected chi connectivity index (χ0v) is 17.6. The zero-order chi connectivity index (χ0) is 21.8. The van der Waals surface area contributed by atoms with Gasteiger partial charge >= 0.3 is 0 Å². The number of nitrogens with one attached hydrogen (secondary N) is 2. The van der Waals surface area contributed by atoms with Crippen LogP contribution in [0.3, 0.4) is 0 Å². The Morgan fingerprint density at radius 1 is 1.00 bits per heavy atom. The molecule has 1 saturated heterocycles. The summed E-state index contributed by atoms with van der Waals surface area (Å²) >= 11 is 0. The second-order valence-corrected chi connectivity index (χ2v) is 9.38. The van der Waals surface area contributed by atoms with Gasteiger partial charge in [-0.15, -0.1) is 0 Å². The molecule has 10 heteroatoms. The molecule has 0 aliphatic carbocycles. The highest BCUT2D eigenvalue weighted by Crippen LogP contribution is 2.22. The molecule has 1 aliphatic rings. The van der Waals surface area contributed by atoms with Crippen LogP contribution in [-0.4, -0.2) is 53.9 Å². The second-order valence-electron chi connectivity index (χ2n) is 7.15. The number of hydrogen-bond donors (Lipinski definition) is 2. The van der Waals surface area contributed by atoms with Crippen molar-refractivity contribution in [1.29, 1.82) is 0 Å². The molecule has 0 radical (unpaired) electrons. The lowest BCUT2D eigenvalue weighted by Crippen LogP contribution is -2.36. The monoisotopic (exact) mass is 439 g/mol. The smallest absolute Gasteiger partial charge is 0.270 e. The minimum Gasteiger partial charge on any atom is -0.497 e. The average Bonchev–Trinajstić information content (AvgIpc) is 3.13. The normalized spacial score (nSPS) is 17.1. The fraction of sp³-hybridized carbons (Fsp3) is 0.238. The number of aromatic nitrogens is 3. The van der Waals surface area contributed by atoms with Gasteiger partial charge in [0, 0.05) is 24.0 Å². The maximum absolute atomic E-state index is 12.3. The van der Waals surface area contributed by atoms with E-state index in [9.17, 15) is 13.2 Å². The van der Waals surface area contributed by atoms with Crippen LogP contribution < -0.4 is 15.4 Å². The minimum atomic E-state index is -3.05. The van der Waals surface area contributed by atoms with Gasteiger partial charge in [-0.1, -0.05) is 12.1 Å². The van der Waals surface area contributed by atoms with Crippen molar-refractivity contribution >= 4 is 27.4 Å². The summed E-state index contributed by atoms with van der Waals surface area (Å²) in [7, 11) is -1.43. The molecule has 2 N–H and O–H groups in total. The standard InChI is InChI=1S/C21H21N5O4S/c1-30-18-5-2-14(3-6-18)15-10-23-21(24-11-15)26-16-4-7-19(22-12-16)20(27)25-17-8-9-31(28,29)13-17/h2-7,10-12,17H,8-9,13H2,1H3,(H,25,27)(H,23,24,26). The first-order chi connectivity index (χ1) is 14.9. The molecule has 3 heterocycles. The van der Waals surface area contributed by atoms with E-state index in [2.05, 4.69) is 25.6 Å². The zero-order valence-electron chi connectivity index (χ0n) is 16.8. The third-order valence-corrected chi connectivity index (χ3v) is 6.66. The number of amides is 1. The lowest BCUT2D eigenvalue weighted by Gasteiger charge is -2.11. The fourth-order valence-corrected chi connectivity index (χ4v) is 4.90. The first-order valence-electron chi connectivity index (χ1n) is 9.63. The SMILES string of the molecule is COc1ccc(-c2cnc(Nc3ccc(C(=O)NC4CCS(=O)(=O)C4)nc3)nc2)cc1. The predicted molar refractivity (Wildman–Crippen MR) is 116 cm³/mol. The van der Waals surface area contributed by atoms with Crippen molar-refractivity contribution in [2.45, 2.75) is 12.5 Å². The number of rotatable bonds is 6. The molecule has 9 nitrogen and oxygen atoms in total. The summed E-state index contributed by atoms with van der Waals surface area (Å²) in [6, 6.07) is 10.5. The molecule has 160 valence electrons. The van der Waals surface area contributed by atoms with Crippen LogP contribution in [0, 0.1) is 0 Å². The number of sulfone groups is 1. The molecule has 1 atom stereocenters. The molecular weight excluding hydrogens is 418 g/mol. The maximum Gasteiger partial charge on any atom is 0.270 e. The van der Waals surface area contributed by atoms with E-state index < -0.39 is 15.7 Å². The number of carbonyl (C=O) groups excluding carboxylic acids is 1. The topological polar surface area (TPSA) is 123 Å². The van der Waals surface area contributed by atoms with E-state index in [1.807, 2.05) is 24.3 Å². The number of ether oxygens (including phenoxy) is 1. The van der Waals surface area contributed by atoms with E-state index in [0.29, 0.717) is 18.1 Å². The number of benzene rings is 1. The van der Waals surface area contributed by atoms with Crippen molar-refractivity contribution in [2.24, 2.45) is 0 Å². The van der Waals surface area contributed by atoms with Gasteiger partial charge in [0.05, 0.1) is 30.5 Å². The van der Waals surface area contributed by atoms with Crippen LogP contribution in [0.2, 0.25) is 0 Å². The van der Waals surface area contributed by atoms with Crippen LogP contribution in [-0.2, 0) is 9.84 Å². The van der Waals surface area contributed by atoms with Crippen LogP contribution >= 0.6 is 0 Å². The van der Waals surface area contributed by atoms with Crippen molar-refractivity contribution in [3.8, 4) is 16.9 Å². The van der Waals surface area contributed by atoms with E-state index in [1.165, 1.54) is 6.20 Å². The Morgan fingerprint density at radius 3 is 2.32 bits per heavy atom. The van der Waals surface area contributed by atoms with Gasteiger partial charge in [-0.2, -0.15) is 0 Å². The summed E-state index contributed by atoms with van der Waals surface area (Å²) in [6.45, 7) is 0. The molecular formula is C21H21N5O4S. The molecule has 1 fully saturated rings. The van der Waals surface area contributed by atoms with Crippen molar-refractivity contribution in [2.75, 3.05) is 23.9 Å². The Hall–Kier alpha value is -3.53. The summed E-state index contributed by atoms with van der Waals surface area (Å²) in [5.41, 5.74) is 2.68. The van der Waals surface area contributed by atoms with Crippen molar-refractivity contribution in [1.82, 2.24) is 20.3 Å². The van der Waals surface area contributed by atoms with Gasteiger partial charge in [-0.05, 0) is 36.2 Å². The summed E-state index contributed by atoms with van der Waals surface area (Å²) in [6.07, 6.45) is 5.35. The first kappa shape index (κ1) is 20.7. The molecule has 1 aliphatic heterocycles. The van der Waals surface area contributed by atoms with Gasteiger partial charge in [-0.25, -0.2) is 23.4 Å². The highest BCUT2D eigenvalue weighted by Gasteiger charge is 2.29. The first-order valence-corrected chi connectivity index (χ1v) is 11.4. The van der Waals surface area contributed by atoms with Gasteiger partial charge in [-0.3, -0.25) is 4.79 Å². The lowest BCUT2D eigenvalue weighted by atomic mass is 10.1. The highest BCUT2D eigenvalue weighted by atomic mass is 32.2. The predicted octanol–water partition coefficient (Wildman–Crippen LogP) is 2.21. The summed E-state index contributed by atoms with van der Waals surface area (Å²) in [5.74, 6) is 0.857. The number of pyridine rings is 1. The van der Waals surface area contributed by atoms with Crippen LogP contribution in [0.15, 0.2) is 55.0 Å². The van der Waals surface area contributed by atoms with Crippen molar-refractivity contribution in [3.05, 3.63) is 60.7 Å². The summed E-state index contributed by atoms with van der Waals surface area (Å²) in [5, 5.41) is 5.75. The summed E-state index contributed by atoms with van der Waals surface area (Å²) < 4.78 is 28.2. The van der Waals surface area contributed by atoms with Gasteiger partial charge in [0.15, 0.2) is 9.84 Å². The van der Waals surface area contributed by atoms with Crippen molar-refractivity contribution < 1.29 is 17.9 Å². The second kappa shape index (κ2) is 8.68. The van der Waals surface area contributed by atoms with E-state index in [4.69, 9.17) is 4.74 Å². The molecule has 1 unspecified atom stereocenters. The Labute approximate surface area is 179 Å². The van der Waals surface area contributed by atoms with Gasteiger partial charge in [0.1, 0.15) is 11.4 Å². The Bertz CT molecular complexity index is 1160. The van der Waals surface area contributed by atoms with E-state index in [-0.39, 0.29) is 23.2 Å². The molecule has 0 spiro atoms. The molecule has 31 heavy (non-hydrogen) atoms. The van der Waals surface area contributed by atoms with E-state index in [0.717, 1.165) is 16.9 Å². The van der Waals surface area contributed by atoms with Crippen LogP contribution in [0.1, 0.15) is 16.9 Å². The molecule has 0 bridgehead atoms. The lowest BCUT2D eigenvalue weighted by molar-refractivity contribution is 0.0936. The number of nitrogens with zero attached hydrogens (tertiary/aromatic N) is 3. The van der Waals surface area contributed by atoms with Crippen LogP contribution in [0.5, 0.6) is 5.75 Å². The maximum atomic E-state index is 12.3. The largest absolute Gasteiger partial charge is 0.497 e. The quantitative estimate of drug-likeness (QED) is 0.599. The number of hydrogen-bond acceptors (Lipinski definition) is 8. The highest BCUT2D eigenvalue weighted by molar-refractivity contribution is 7.91. The number of carbonyl (C=O) groups is 1. The molecule has 2 aromatic heterocycles. The third kappa shape index (κ3) is 5.15. The Kier molecular flexibility index (Phi) is 5.81. The third-order valence-electron chi connectivity index (χ3n) is 4.90.